The van der Waals surface area contributed by atoms with Crippen LogP contribution < -0.4 is 4.74 Å². The molecule has 0 aliphatic rings. The van der Waals surface area contributed by atoms with Crippen LogP contribution in [0.2, 0.25) is 5.02 Å². The Bertz CT molecular complexity index is 1060. The number of hydrogen-bond acceptors (Lipinski definition) is 6. The Hall–Kier alpha value is -2.42. The van der Waals surface area contributed by atoms with Crippen molar-refractivity contribution in [1.82, 2.24) is 14.4 Å². The largest absolute Gasteiger partial charge is 0.484 e. The van der Waals surface area contributed by atoms with E-state index in [-0.39, 0.29) is 18.0 Å². The lowest BCUT2D eigenvalue weighted by Crippen LogP contribution is -2.29. The Morgan fingerprint density at radius 2 is 1.77 bits per heavy atom. The Kier molecular flexibility index (Phi) is 7.12. The third kappa shape index (κ3) is 5.59. The maximum atomic E-state index is 12.8. The molecule has 9 heteroatoms. The number of rotatable bonds is 9. The SMILES string of the molecule is CC(C)c1ccc(S(=O)(=O)N(C)CCc2noc(COc3ccc(Cl)cc3)n2)cc1. The van der Waals surface area contributed by atoms with Crippen molar-refractivity contribution in [3.05, 3.63) is 70.8 Å². The van der Waals surface area contributed by atoms with E-state index in [2.05, 4.69) is 24.0 Å². The molecule has 160 valence electrons. The number of aromatic nitrogens is 2. The molecule has 2 aromatic carbocycles. The van der Waals surface area contributed by atoms with Gasteiger partial charge in [0.05, 0.1) is 4.90 Å². The van der Waals surface area contributed by atoms with Crippen molar-refractivity contribution in [2.75, 3.05) is 13.6 Å². The zero-order chi connectivity index (χ0) is 21.7. The van der Waals surface area contributed by atoms with Crippen LogP contribution in [-0.2, 0) is 23.1 Å². The molecule has 7 nitrogen and oxygen atoms in total. The monoisotopic (exact) mass is 449 g/mol. The van der Waals surface area contributed by atoms with E-state index in [0.29, 0.717) is 34.8 Å². The third-order valence-electron chi connectivity index (χ3n) is 4.59. The summed E-state index contributed by atoms with van der Waals surface area (Å²) in [5.41, 5.74) is 1.09. The van der Waals surface area contributed by atoms with Gasteiger partial charge in [0.2, 0.25) is 10.0 Å². The maximum Gasteiger partial charge on any atom is 0.264 e. The lowest BCUT2D eigenvalue weighted by Gasteiger charge is -2.17. The van der Waals surface area contributed by atoms with E-state index in [1.54, 1.807) is 36.4 Å². The lowest BCUT2D eigenvalue weighted by atomic mass is 10.0. The molecule has 1 aromatic heterocycles. The first-order valence-electron chi connectivity index (χ1n) is 9.52. The highest BCUT2D eigenvalue weighted by atomic mass is 35.5. The van der Waals surface area contributed by atoms with Crippen LogP contribution in [0.1, 0.15) is 37.0 Å². The molecule has 0 radical (unpaired) electrons. The molecule has 0 bridgehead atoms. The van der Waals surface area contributed by atoms with Gasteiger partial charge in [-0.15, -0.1) is 0 Å². The molecule has 0 fully saturated rings. The van der Waals surface area contributed by atoms with E-state index in [1.165, 1.54) is 11.4 Å². The average Bonchev–Trinajstić information content (AvgIpc) is 3.19. The van der Waals surface area contributed by atoms with E-state index in [0.717, 1.165) is 5.56 Å². The second-order valence-electron chi connectivity index (χ2n) is 7.15. The zero-order valence-corrected chi connectivity index (χ0v) is 18.7. The number of halogens is 1. The highest BCUT2D eigenvalue weighted by Crippen LogP contribution is 2.20. The van der Waals surface area contributed by atoms with Crippen molar-refractivity contribution < 1.29 is 17.7 Å². The van der Waals surface area contributed by atoms with Gasteiger partial charge in [-0.05, 0) is 47.9 Å². The van der Waals surface area contributed by atoms with E-state index >= 15 is 0 Å². The molecule has 30 heavy (non-hydrogen) atoms. The molecule has 0 N–H and O–H groups in total. The molecule has 0 aliphatic heterocycles. The van der Waals surface area contributed by atoms with Gasteiger partial charge in [-0.25, -0.2) is 12.7 Å². The van der Waals surface area contributed by atoms with Gasteiger partial charge < -0.3 is 9.26 Å². The van der Waals surface area contributed by atoms with Crippen LogP contribution in [0.3, 0.4) is 0 Å². The minimum Gasteiger partial charge on any atom is -0.484 e. The Morgan fingerprint density at radius 3 is 2.40 bits per heavy atom. The smallest absolute Gasteiger partial charge is 0.264 e. The minimum atomic E-state index is -3.58. The number of hydrogen-bond donors (Lipinski definition) is 0. The number of sulfonamides is 1. The van der Waals surface area contributed by atoms with Gasteiger partial charge in [-0.1, -0.05) is 42.7 Å². The topological polar surface area (TPSA) is 85.5 Å². The second kappa shape index (κ2) is 9.59. The maximum absolute atomic E-state index is 12.8. The van der Waals surface area contributed by atoms with Crippen molar-refractivity contribution in [2.45, 2.75) is 37.7 Å². The van der Waals surface area contributed by atoms with Crippen molar-refractivity contribution in [3.8, 4) is 5.75 Å². The van der Waals surface area contributed by atoms with Gasteiger partial charge >= 0.3 is 0 Å². The molecular weight excluding hydrogens is 426 g/mol. The van der Waals surface area contributed by atoms with Crippen LogP contribution in [0.25, 0.3) is 0 Å². The first-order chi connectivity index (χ1) is 14.3. The van der Waals surface area contributed by atoms with Gasteiger partial charge in [0.25, 0.3) is 5.89 Å². The Morgan fingerprint density at radius 1 is 1.10 bits per heavy atom. The molecule has 1 heterocycles. The number of likely N-dealkylation sites (N-methyl/N-ethyl adjacent to an activating group) is 1. The van der Waals surface area contributed by atoms with Gasteiger partial charge in [0.1, 0.15) is 5.75 Å². The van der Waals surface area contributed by atoms with Crippen molar-refractivity contribution in [1.29, 1.82) is 0 Å². The average molecular weight is 450 g/mol. The predicted octanol–water partition coefficient (Wildman–Crippen LogP) is 4.29. The normalized spacial score (nSPS) is 11.9. The molecule has 0 aliphatic carbocycles. The van der Waals surface area contributed by atoms with Crippen molar-refractivity contribution in [2.24, 2.45) is 0 Å². The highest BCUT2D eigenvalue weighted by Gasteiger charge is 2.21. The molecule has 0 spiro atoms. The molecule has 0 saturated heterocycles. The fourth-order valence-electron chi connectivity index (χ4n) is 2.71. The Balaban J connectivity index is 1.55. The third-order valence-corrected chi connectivity index (χ3v) is 6.71. The molecule has 3 aromatic rings. The zero-order valence-electron chi connectivity index (χ0n) is 17.1. The molecule has 0 atom stereocenters. The summed E-state index contributed by atoms with van der Waals surface area (Å²) >= 11 is 5.84. The summed E-state index contributed by atoms with van der Waals surface area (Å²) in [4.78, 5) is 4.51. The van der Waals surface area contributed by atoms with E-state index < -0.39 is 10.0 Å². The Labute approximate surface area is 181 Å². The summed E-state index contributed by atoms with van der Waals surface area (Å²) in [6.07, 6.45) is 0.324. The molecular formula is C21H24ClN3O4S. The second-order valence-corrected chi connectivity index (χ2v) is 9.63. The number of nitrogens with zero attached hydrogens (tertiary/aromatic N) is 3. The van der Waals surface area contributed by atoms with Gasteiger partial charge in [0.15, 0.2) is 12.4 Å². The van der Waals surface area contributed by atoms with E-state index in [4.69, 9.17) is 20.9 Å². The van der Waals surface area contributed by atoms with Crippen LogP contribution in [0.5, 0.6) is 5.75 Å². The highest BCUT2D eigenvalue weighted by molar-refractivity contribution is 7.89. The summed E-state index contributed by atoms with van der Waals surface area (Å²) in [7, 11) is -2.04. The number of benzene rings is 2. The lowest BCUT2D eigenvalue weighted by molar-refractivity contribution is 0.242. The van der Waals surface area contributed by atoms with Crippen molar-refractivity contribution >= 4 is 21.6 Å². The van der Waals surface area contributed by atoms with Crippen LogP contribution in [0, 0.1) is 0 Å². The summed E-state index contributed by atoms with van der Waals surface area (Å²) < 4.78 is 37.5. The van der Waals surface area contributed by atoms with Crippen LogP contribution in [0.4, 0.5) is 0 Å². The van der Waals surface area contributed by atoms with Gasteiger partial charge in [0, 0.05) is 25.0 Å². The van der Waals surface area contributed by atoms with Crippen LogP contribution >= 0.6 is 11.6 Å². The quantitative estimate of drug-likeness (QED) is 0.484. The van der Waals surface area contributed by atoms with Gasteiger partial charge in [-0.2, -0.15) is 4.98 Å². The summed E-state index contributed by atoms with van der Waals surface area (Å²) in [6, 6.07) is 13.9. The summed E-state index contributed by atoms with van der Waals surface area (Å²) in [5.74, 6) is 1.71. The molecule has 0 unspecified atom stereocenters. The first kappa shape index (κ1) is 22.3. The van der Waals surface area contributed by atoms with Gasteiger partial charge in [-0.3, -0.25) is 0 Å². The van der Waals surface area contributed by atoms with E-state index in [9.17, 15) is 8.42 Å². The molecule has 3 rings (SSSR count). The first-order valence-corrected chi connectivity index (χ1v) is 11.3. The predicted molar refractivity (Wildman–Crippen MR) is 114 cm³/mol. The molecule has 0 amide bonds. The summed E-state index contributed by atoms with van der Waals surface area (Å²) in [6.45, 7) is 4.47. The van der Waals surface area contributed by atoms with Crippen LogP contribution in [-0.4, -0.2) is 36.5 Å². The fraction of sp³-hybridized carbons (Fsp3) is 0.333. The number of ether oxygens (including phenoxy) is 1. The standard InChI is InChI=1S/C21H24ClN3O4S/c1-15(2)16-4-10-19(11-5-16)30(26,27)25(3)13-12-20-23-21(29-24-20)14-28-18-8-6-17(22)7-9-18/h4-11,15H,12-14H2,1-3H3. The van der Waals surface area contributed by atoms with E-state index in [1.807, 2.05) is 12.1 Å². The summed E-state index contributed by atoms with van der Waals surface area (Å²) in [5, 5.41) is 4.51. The van der Waals surface area contributed by atoms with Crippen molar-refractivity contribution in [3.63, 3.8) is 0 Å². The van der Waals surface area contributed by atoms with Crippen LogP contribution in [0.15, 0.2) is 57.9 Å². The minimum absolute atomic E-state index is 0.116. The molecule has 0 saturated carbocycles. The fourth-order valence-corrected chi connectivity index (χ4v) is 4.01.